The van der Waals surface area contributed by atoms with Gasteiger partial charge in [-0.25, -0.2) is 4.98 Å². The number of fused-ring (bicyclic) bond motifs is 1. The molecule has 29 heteroatoms. The number of nitrogens with two attached hydrogens (primary N) is 5. The van der Waals surface area contributed by atoms with Crippen LogP contribution in [0.3, 0.4) is 0 Å². The minimum Gasteiger partial charge on any atom is -0.370 e. The van der Waals surface area contributed by atoms with Gasteiger partial charge in [0.15, 0.2) is 11.9 Å². The Labute approximate surface area is 457 Å². The first kappa shape index (κ1) is 60.5. The highest BCUT2D eigenvalue weighted by atomic mass is 33.1. The number of H-pyrrole nitrogens is 2. The summed E-state index contributed by atoms with van der Waals surface area (Å²) >= 11 is 0. The second kappa shape index (κ2) is 30.4. The van der Waals surface area contributed by atoms with Gasteiger partial charge in [0, 0.05) is 79.8 Å². The molecule has 1 fully saturated rings. The lowest BCUT2D eigenvalue weighted by molar-refractivity contribution is -0.135. The molecule has 1 aliphatic heterocycles. The number of primary amides is 1. The summed E-state index contributed by atoms with van der Waals surface area (Å²) in [7, 11) is 2.02. The van der Waals surface area contributed by atoms with Crippen LogP contribution in [0.5, 0.6) is 0 Å². The molecule has 0 saturated carbocycles. The summed E-state index contributed by atoms with van der Waals surface area (Å²) in [5.74, 6) is -7.96. The Balaban J connectivity index is 1.55. The Morgan fingerprint density at radius 3 is 1.92 bits per heavy atom. The van der Waals surface area contributed by atoms with Crippen molar-refractivity contribution in [2.45, 2.75) is 107 Å². The number of benzene rings is 2. The highest BCUT2D eigenvalue weighted by Crippen LogP contribution is 2.24. The van der Waals surface area contributed by atoms with Gasteiger partial charge >= 0.3 is 0 Å². The van der Waals surface area contributed by atoms with Crippen molar-refractivity contribution in [3.05, 3.63) is 90.1 Å². The van der Waals surface area contributed by atoms with Crippen LogP contribution in [0.1, 0.15) is 56.4 Å². The van der Waals surface area contributed by atoms with Crippen molar-refractivity contribution < 1.29 is 43.2 Å². The van der Waals surface area contributed by atoms with Crippen molar-refractivity contribution in [2.24, 2.45) is 38.7 Å². The first-order valence-corrected chi connectivity index (χ1v) is 27.4. The summed E-state index contributed by atoms with van der Waals surface area (Å²) in [5.41, 5.74) is 30.3. The van der Waals surface area contributed by atoms with Gasteiger partial charge in [-0.1, -0.05) is 70.1 Å². The van der Waals surface area contributed by atoms with E-state index >= 15 is 0 Å². The molecule has 9 amide bonds. The van der Waals surface area contributed by atoms with Crippen molar-refractivity contribution >= 4 is 97.6 Å². The van der Waals surface area contributed by atoms with Crippen LogP contribution in [0, 0.1) is 0 Å². The Morgan fingerprint density at radius 2 is 1.27 bits per heavy atom. The Kier molecular flexibility index (Phi) is 23.6. The molecule has 420 valence electrons. The molecular weight excluding hydrogens is 1050 g/mol. The molecule has 5 rings (SSSR count). The number of hydrogen-bond donors (Lipinski definition) is 15. The molecule has 0 spiro atoms. The SMILES string of the molecule is CC(=O)N[C@@H](CCCN=C(N)N)C(=O)NC1CSSC[C@@H](C(N)=O)NC(=O)[C@H](Cc2c[nH]c3ccccc23)NC(=O)[C@H](CCCN=C(N)N)NC(=O)C(Cc2ccccc2)NC(=O)[C@H](Cc2cnc[nH]2)NC(=O)[C@@H](C)NC1=O. The summed E-state index contributed by atoms with van der Waals surface area (Å²) in [6.45, 7) is 2.74. The van der Waals surface area contributed by atoms with Gasteiger partial charge in [-0.05, 0) is 49.8 Å². The fourth-order valence-corrected chi connectivity index (χ4v) is 10.4. The topological polar surface area (TPSA) is 449 Å². The number of aliphatic imine (C=N–C) groups is 2. The van der Waals surface area contributed by atoms with Gasteiger partial charge in [0.2, 0.25) is 53.2 Å². The Morgan fingerprint density at radius 1 is 0.679 bits per heavy atom. The monoisotopic (exact) mass is 1120 g/mol. The number of para-hydroxylation sites is 1. The molecule has 2 aromatic heterocycles. The van der Waals surface area contributed by atoms with Crippen molar-refractivity contribution in [3.63, 3.8) is 0 Å². The maximum absolute atomic E-state index is 14.6. The van der Waals surface area contributed by atoms with Gasteiger partial charge in [-0.2, -0.15) is 0 Å². The zero-order valence-corrected chi connectivity index (χ0v) is 44.7. The van der Waals surface area contributed by atoms with Crippen LogP contribution in [-0.2, 0) is 62.4 Å². The summed E-state index contributed by atoms with van der Waals surface area (Å²) in [6, 6.07) is 5.16. The molecule has 27 nitrogen and oxygen atoms in total. The third-order valence-corrected chi connectivity index (χ3v) is 14.5. The second-order valence-electron chi connectivity index (χ2n) is 18.3. The summed E-state index contributed by atoms with van der Waals surface area (Å²) < 4.78 is 0. The number of rotatable bonds is 18. The van der Waals surface area contributed by atoms with Crippen molar-refractivity contribution in [1.82, 2.24) is 57.5 Å². The molecule has 4 aromatic rings. The van der Waals surface area contributed by atoms with Crippen molar-refractivity contribution in [1.29, 1.82) is 0 Å². The van der Waals surface area contributed by atoms with E-state index in [0.29, 0.717) is 16.8 Å². The van der Waals surface area contributed by atoms with E-state index in [1.807, 2.05) is 18.2 Å². The molecule has 0 aliphatic carbocycles. The predicted molar refractivity (Wildman–Crippen MR) is 295 cm³/mol. The maximum Gasteiger partial charge on any atom is 0.244 e. The largest absolute Gasteiger partial charge is 0.370 e. The lowest BCUT2D eigenvalue weighted by Crippen LogP contribution is -2.61. The van der Waals surface area contributed by atoms with E-state index in [1.165, 1.54) is 26.4 Å². The van der Waals surface area contributed by atoms with E-state index in [0.717, 1.165) is 32.5 Å². The molecular formula is C49H68N18O9S2. The number of aromatic nitrogens is 3. The van der Waals surface area contributed by atoms with Crippen LogP contribution in [-0.4, -0.2) is 153 Å². The molecule has 78 heavy (non-hydrogen) atoms. The molecule has 1 aliphatic rings. The number of nitrogens with zero attached hydrogens (tertiary/aromatic N) is 3. The van der Waals surface area contributed by atoms with Crippen molar-refractivity contribution in [2.75, 3.05) is 24.6 Å². The van der Waals surface area contributed by atoms with Gasteiger partial charge in [-0.15, -0.1) is 0 Å². The van der Waals surface area contributed by atoms with Gasteiger partial charge in [-0.3, -0.25) is 53.1 Å². The molecule has 0 bridgehead atoms. The zero-order valence-electron chi connectivity index (χ0n) is 43.0. The van der Waals surface area contributed by atoms with Crippen LogP contribution in [0.25, 0.3) is 10.9 Å². The van der Waals surface area contributed by atoms with Crippen LogP contribution in [0.2, 0.25) is 0 Å². The highest BCUT2D eigenvalue weighted by molar-refractivity contribution is 8.76. The molecule has 2 unspecified atom stereocenters. The second-order valence-corrected chi connectivity index (χ2v) is 20.8. The van der Waals surface area contributed by atoms with Crippen LogP contribution >= 0.6 is 21.6 Å². The third kappa shape index (κ3) is 19.7. The van der Waals surface area contributed by atoms with Crippen LogP contribution in [0.15, 0.2) is 83.3 Å². The van der Waals surface area contributed by atoms with E-state index in [1.54, 1.807) is 42.6 Å². The lowest BCUT2D eigenvalue weighted by Gasteiger charge is -2.27. The highest BCUT2D eigenvalue weighted by Gasteiger charge is 2.35. The normalized spacial score (nSPS) is 21.7. The van der Waals surface area contributed by atoms with Gasteiger partial charge in [0.1, 0.15) is 48.3 Å². The number of amides is 9. The number of nitrogens with one attached hydrogen (secondary N) is 10. The van der Waals surface area contributed by atoms with Gasteiger partial charge in [0.25, 0.3) is 0 Å². The van der Waals surface area contributed by atoms with E-state index in [-0.39, 0.29) is 81.5 Å². The average Bonchev–Trinajstić information content (AvgIpc) is 4.10. The quantitative estimate of drug-likeness (QED) is 0.0202. The predicted octanol–water partition coefficient (Wildman–Crippen LogP) is -3.18. The standard InChI is InChI=1S/C49H68N18O9S2/c1-26-41(70)63-37(20-30-22-55-25-59-30)46(75)64-35(18-28-10-4-3-5-11-28)44(73)62-34(15-9-17-57-49(53)54)43(72)65-36(19-29-21-58-32-13-7-6-12-31(29)32)45(74)66-38(40(50)69)23-77-78-24-39(47(76)60-26)67-42(71)33(61-27(2)68)14-8-16-56-48(51)52/h3-7,10-13,21-22,25-26,33-39,58H,8-9,14-20,23-24H2,1-2H3,(H2,50,69)(H,55,59)(H,60,76)(H,61,68)(H,62,73)(H,63,70)(H,64,75)(H,65,72)(H,66,74)(H,67,71)(H4,51,52,56)(H4,53,54,57)/t26-,33+,34+,35?,36+,37+,38+,39?/m1/s1. The minimum absolute atomic E-state index is 0.0573. The fourth-order valence-electron chi connectivity index (χ4n) is 8.05. The molecule has 0 radical (unpaired) electrons. The molecule has 2 aromatic carbocycles. The zero-order chi connectivity index (χ0) is 56.7. The summed E-state index contributed by atoms with van der Waals surface area (Å²) in [5, 5.41) is 22.1. The fraction of sp³-hybridized carbons (Fsp3) is 0.429. The number of guanidine groups is 2. The van der Waals surface area contributed by atoms with Gasteiger partial charge < -0.3 is 81.2 Å². The van der Waals surface area contributed by atoms with E-state index in [9.17, 15) is 43.2 Å². The maximum atomic E-state index is 14.6. The third-order valence-electron chi connectivity index (χ3n) is 12.1. The minimum atomic E-state index is -1.40. The van der Waals surface area contributed by atoms with E-state index in [4.69, 9.17) is 28.7 Å². The average molecular weight is 1120 g/mol. The molecule has 1 saturated heterocycles. The molecule has 20 N–H and O–H groups in total. The number of aromatic amines is 2. The number of hydrogen-bond acceptors (Lipinski definition) is 14. The van der Waals surface area contributed by atoms with Gasteiger partial charge in [0.05, 0.1) is 6.33 Å². The first-order valence-electron chi connectivity index (χ1n) is 24.9. The summed E-state index contributed by atoms with van der Waals surface area (Å²) in [4.78, 5) is 144. The van der Waals surface area contributed by atoms with Crippen LogP contribution in [0.4, 0.5) is 0 Å². The Bertz CT molecular complexity index is 2770. The van der Waals surface area contributed by atoms with Crippen LogP contribution < -0.4 is 71.2 Å². The van der Waals surface area contributed by atoms with E-state index < -0.39 is 101 Å². The molecule has 8 atom stereocenters. The first-order chi connectivity index (χ1) is 37.3. The van der Waals surface area contributed by atoms with Crippen molar-refractivity contribution in [3.8, 4) is 0 Å². The number of imidazole rings is 1. The smallest absolute Gasteiger partial charge is 0.244 e. The summed E-state index contributed by atoms with van der Waals surface area (Å²) in [6.07, 6.45) is 4.53. The lowest BCUT2D eigenvalue weighted by atomic mass is 10.0. The number of carbonyl (C=O) groups excluding carboxylic acids is 9. The van der Waals surface area contributed by atoms with E-state index in [2.05, 4.69) is 67.5 Å². The Hall–Kier alpha value is -8.34. The molecule has 3 heterocycles. The number of carbonyl (C=O) groups is 9.